The maximum Gasteiger partial charge on any atom is 0.416 e. The number of likely N-dealkylation sites (tertiary alicyclic amines) is 1. The molecule has 0 aromatic carbocycles. The summed E-state index contributed by atoms with van der Waals surface area (Å²) in [6.45, 7) is 6.95. The topological polar surface area (TPSA) is 51.5 Å². The van der Waals surface area contributed by atoms with Crippen molar-refractivity contribution in [1.82, 2.24) is 9.47 Å². The molecule has 1 fully saturated rings. The summed E-state index contributed by atoms with van der Waals surface area (Å²) in [5.41, 5.74) is -1.63. The minimum atomic E-state index is -4.62. The minimum absolute atomic E-state index is 0.0652. The third-order valence-corrected chi connectivity index (χ3v) is 5.16. The van der Waals surface area contributed by atoms with Crippen LogP contribution in [0, 0.1) is 5.92 Å². The number of esters is 1. The van der Waals surface area contributed by atoms with Crippen molar-refractivity contribution in [3.8, 4) is 0 Å². The van der Waals surface area contributed by atoms with Crippen molar-refractivity contribution in [2.24, 2.45) is 5.92 Å². The van der Waals surface area contributed by atoms with Gasteiger partial charge >= 0.3 is 12.1 Å². The predicted octanol–water partition coefficient (Wildman–Crippen LogP) is 3.83. The molecule has 1 aromatic heterocycles. The third kappa shape index (κ3) is 5.37. The van der Waals surface area contributed by atoms with Crippen LogP contribution in [-0.2, 0) is 15.7 Å². The number of nitrogens with zero attached hydrogens (tertiary/aromatic N) is 2. The van der Waals surface area contributed by atoms with Crippen LogP contribution < -0.4 is 5.56 Å². The van der Waals surface area contributed by atoms with E-state index in [-0.39, 0.29) is 24.0 Å². The summed E-state index contributed by atoms with van der Waals surface area (Å²) in [5.74, 6) is -0.829. The van der Waals surface area contributed by atoms with Crippen LogP contribution in [0.5, 0.6) is 0 Å². The number of aromatic nitrogens is 1. The number of pyridine rings is 1. The lowest BCUT2D eigenvalue weighted by Crippen LogP contribution is -2.35. The van der Waals surface area contributed by atoms with E-state index in [9.17, 15) is 22.8 Å². The fraction of sp³-hybridized carbons (Fsp3) is 0.700. The van der Waals surface area contributed by atoms with Crippen LogP contribution in [0.25, 0.3) is 0 Å². The molecule has 1 atom stereocenters. The second kappa shape index (κ2) is 9.11. The van der Waals surface area contributed by atoms with E-state index in [4.69, 9.17) is 4.74 Å². The third-order valence-electron chi connectivity index (χ3n) is 5.16. The highest BCUT2D eigenvalue weighted by Crippen LogP contribution is 2.38. The lowest BCUT2D eigenvalue weighted by molar-refractivity contribution is -0.147. The molecule has 0 aliphatic carbocycles. The quantitative estimate of drug-likeness (QED) is 0.679. The number of piperidine rings is 1. The van der Waals surface area contributed by atoms with Crippen LogP contribution >= 0.6 is 0 Å². The van der Waals surface area contributed by atoms with Gasteiger partial charge in [-0.25, -0.2) is 4.79 Å². The molecule has 8 heteroatoms. The monoisotopic (exact) mass is 402 g/mol. The molecule has 2 heterocycles. The van der Waals surface area contributed by atoms with E-state index in [1.165, 1.54) is 6.20 Å². The molecule has 0 radical (unpaired) electrons. The molecule has 0 spiro atoms. The summed E-state index contributed by atoms with van der Waals surface area (Å²) in [5, 5.41) is 0. The van der Waals surface area contributed by atoms with Gasteiger partial charge in [0.05, 0.1) is 12.2 Å². The molecule has 0 amide bonds. The highest BCUT2D eigenvalue weighted by Gasteiger charge is 2.38. The molecule has 1 aliphatic rings. The van der Waals surface area contributed by atoms with Crippen molar-refractivity contribution in [2.75, 3.05) is 26.7 Å². The average molecular weight is 402 g/mol. The van der Waals surface area contributed by atoms with Gasteiger partial charge in [-0.15, -0.1) is 0 Å². The Morgan fingerprint density at radius 3 is 2.39 bits per heavy atom. The van der Waals surface area contributed by atoms with E-state index < -0.39 is 29.3 Å². The zero-order valence-corrected chi connectivity index (χ0v) is 16.9. The molecule has 1 aliphatic heterocycles. The van der Waals surface area contributed by atoms with Gasteiger partial charge in [-0.05, 0) is 63.7 Å². The van der Waals surface area contributed by atoms with E-state index in [0.717, 1.165) is 4.57 Å². The second-order valence-electron chi connectivity index (χ2n) is 7.86. The lowest BCUT2D eigenvalue weighted by atomic mass is 9.87. The smallest absolute Gasteiger partial charge is 0.416 e. The number of carbonyl (C=O) groups is 1. The Labute approximate surface area is 163 Å². The summed E-state index contributed by atoms with van der Waals surface area (Å²) in [6, 6.07) is -0.292. The highest BCUT2D eigenvalue weighted by molar-refractivity contribution is 5.74. The van der Waals surface area contributed by atoms with Crippen molar-refractivity contribution in [3.63, 3.8) is 0 Å². The van der Waals surface area contributed by atoms with Gasteiger partial charge in [0.1, 0.15) is 6.04 Å². The number of rotatable bonds is 6. The number of halogens is 3. The van der Waals surface area contributed by atoms with E-state index in [1.54, 1.807) is 6.92 Å². The fourth-order valence-electron chi connectivity index (χ4n) is 3.71. The Balaban J connectivity index is 2.56. The molecule has 0 N–H and O–H groups in total. The minimum Gasteiger partial charge on any atom is -0.464 e. The van der Waals surface area contributed by atoms with Gasteiger partial charge in [-0.1, -0.05) is 13.8 Å². The zero-order valence-electron chi connectivity index (χ0n) is 16.9. The molecule has 2 rings (SSSR count). The summed E-state index contributed by atoms with van der Waals surface area (Å²) in [4.78, 5) is 27.1. The summed E-state index contributed by atoms with van der Waals surface area (Å²) < 4.78 is 47.1. The van der Waals surface area contributed by atoms with E-state index in [0.29, 0.717) is 38.4 Å². The van der Waals surface area contributed by atoms with Crippen molar-refractivity contribution in [3.05, 3.63) is 33.7 Å². The van der Waals surface area contributed by atoms with Crippen molar-refractivity contribution in [1.29, 1.82) is 0 Å². The van der Waals surface area contributed by atoms with Gasteiger partial charge in [0.25, 0.3) is 5.56 Å². The molecule has 5 nitrogen and oxygen atoms in total. The molecule has 28 heavy (non-hydrogen) atoms. The van der Waals surface area contributed by atoms with Crippen LogP contribution in [0.1, 0.15) is 63.1 Å². The molecular formula is C20H29F3N2O3. The van der Waals surface area contributed by atoms with E-state index in [2.05, 4.69) is 4.90 Å². The maximum atomic E-state index is 13.6. The van der Waals surface area contributed by atoms with Gasteiger partial charge in [0, 0.05) is 12.3 Å². The van der Waals surface area contributed by atoms with Crippen LogP contribution in [-0.4, -0.2) is 42.2 Å². The predicted molar refractivity (Wildman–Crippen MR) is 100 cm³/mol. The summed E-state index contributed by atoms with van der Waals surface area (Å²) in [7, 11) is 1.93. The SMILES string of the molecule is CCOC(=O)C(CC(C)C)n1cc(C2CCN(C)CC2)c(C(F)(F)F)cc1=O. The van der Waals surface area contributed by atoms with Crippen LogP contribution in [0.3, 0.4) is 0 Å². The lowest BCUT2D eigenvalue weighted by Gasteiger charge is -2.31. The van der Waals surface area contributed by atoms with E-state index >= 15 is 0 Å². The van der Waals surface area contributed by atoms with Gasteiger partial charge in [0.2, 0.25) is 0 Å². The first-order valence-corrected chi connectivity index (χ1v) is 9.73. The number of carbonyl (C=O) groups excluding carboxylic acids is 1. The molecule has 1 saturated heterocycles. The van der Waals surface area contributed by atoms with Crippen molar-refractivity contribution >= 4 is 5.97 Å². The Bertz CT molecular complexity index is 735. The number of hydrogen-bond donors (Lipinski definition) is 0. The first kappa shape index (κ1) is 22.5. The number of alkyl halides is 3. The van der Waals surface area contributed by atoms with Crippen LogP contribution in [0.4, 0.5) is 13.2 Å². The van der Waals surface area contributed by atoms with Gasteiger partial charge in [-0.3, -0.25) is 4.79 Å². The first-order chi connectivity index (χ1) is 13.0. The van der Waals surface area contributed by atoms with Gasteiger partial charge in [-0.2, -0.15) is 13.2 Å². The second-order valence-corrected chi connectivity index (χ2v) is 7.86. The number of ether oxygens (including phenoxy) is 1. The average Bonchev–Trinajstić information content (AvgIpc) is 2.60. The van der Waals surface area contributed by atoms with Gasteiger partial charge < -0.3 is 14.2 Å². The highest BCUT2D eigenvalue weighted by atomic mass is 19.4. The zero-order chi connectivity index (χ0) is 21.1. The normalized spacial score (nSPS) is 17.7. The Morgan fingerprint density at radius 1 is 1.29 bits per heavy atom. The van der Waals surface area contributed by atoms with Crippen LogP contribution in [0.2, 0.25) is 0 Å². The van der Waals surface area contributed by atoms with Crippen molar-refractivity contribution in [2.45, 2.75) is 58.2 Å². The molecule has 0 saturated carbocycles. The first-order valence-electron chi connectivity index (χ1n) is 9.73. The Kier molecular flexibility index (Phi) is 7.31. The summed E-state index contributed by atoms with van der Waals surface area (Å²) >= 11 is 0. The fourth-order valence-corrected chi connectivity index (χ4v) is 3.71. The Morgan fingerprint density at radius 2 is 1.89 bits per heavy atom. The largest absolute Gasteiger partial charge is 0.464 e. The number of hydrogen-bond acceptors (Lipinski definition) is 4. The van der Waals surface area contributed by atoms with Crippen molar-refractivity contribution < 1.29 is 22.7 Å². The molecule has 1 aromatic rings. The maximum absolute atomic E-state index is 13.6. The molecule has 158 valence electrons. The van der Waals surface area contributed by atoms with Crippen LogP contribution in [0.15, 0.2) is 17.1 Å². The Hall–Kier alpha value is -1.83. The molecule has 1 unspecified atom stereocenters. The summed E-state index contributed by atoms with van der Waals surface area (Å²) in [6.07, 6.45) is -1.89. The molecule has 0 bridgehead atoms. The van der Waals surface area contributed by atoms with Gasteiger partial charge in [0.15, 0.2) is 0 Å². The standard InChI is InChI=1S/C20H29F3N2O3/c1-5-28-19(27)17(10-13(2)3)25-12-15(14-6-8-24(4)9-7-14)16(11-18(25)26)20(21,22)23/h11-14,17H,5-10H2,1-4H3. The molecular weight excluding hydrogens is 373 g/mol. The van der Waals surface area contributed by atoms with E-state index in [1.807, 2.05) is 20.9 Å².